The minimum Gasteiger partial charge on any atom is -0.480 e. The van der Waals surface area contributed by atoms with Crippen LogP contribution in [0.25, 0.3) is 0 Å². The maximum absolute atomic E-state index is 11.8. The van der Waals surface area contributed by atoms with Crippen LogP contribution in [0.15, 0.2) is 0 Å². The van der Waals surface area contributed by atoms with Gasteiger partial charge in [-0.25, -0.2) is 4.79 Å². The van der Waals surface area contributed by atoms with Gasteiger partial charge in [0.15, 0.2) is 0 Å². The van der Waals surface area contributed by atoms with Crippen LogP contribution in [-0.2, 0) is 9.53 Å². The Morgan fingerprint density at radius 2 is 2.00 bits per heavy atom. The van der Waals surface area contributed by atoms with Gasteiger partial charge in [0.25, 0.3) is 0 Å². The minimum atomic E-state index is -0.879. The van der Waals surface area contributed by atoms with E-state index in [1.807, 2.05) is 0 Å². The van der Waals surface area contributed by atoms with Gasteiger partial charge in [-0.05, 0) is 27.2 Å². The maximum atomic E-state index is 11.8. The Balaban J connectivity index is 2.51. The number of hydrogen-bond donors (Lipinski definition) is 2. The molecular weight excluding hydrogens is 224 g/mol. The van der Waals surface area contributed by atoms with Crippen molar-refractivity contribution in [2.45, 2.75) is 38.8 Å². The summed E-state index contributed by atoms with van der Waals surface area (Å²) in [5, 5.41) is 11.8. The molecule has 1 amide bonds. The zero-order valence-corrected chi connectivity index (χ0v) is 10.5. The summed E-state index contributed by atoms with van der Waals surface area (Å²) in [5.41, 5.74) is -0.525. The summed E-state index contributed by atoms with van der Waals surface area (Å²) in [6.45, 7) is 6.76. The monoisotopic (exact) mass is 244 g/mol. The van der Waals surface area contributed by atoms with Crippen molar-refractivity contribution in [2.75, 3.05) is 19.6 Å². The van der Waals surface area contributed by atoms with Gasteiger partial charge in [-0.2, -0.15) is 0 Å². The van der Waals surface area contributed by atoms with Crippen LogP contribution < -0.4 is 5.32 Å². The Kier molecular flexibility index (Phi) is 4.34. The normalized spacial score (nSPS) is 21.8. The molecule has 0 aliphatic carbocycles. The van der Waals surface area contributed by atoms with E-state index in [1.54, 1.807) is 25.7 Å². The van der Waals surface area contributed by atoms with E-state index >= 15 is 0 Å². The first-order valence-corrected chi connectivity index (χ1v) is 5.74. The molecular formula is C11H20N2O4. The van der Waals surface area contributed by atoms with Gasteiger partial charge in [0.05, 0.1) is 0 Å². The molecule has 0 aromatic carbocycles. The highest BCUT2D eigenvalue weighted by Gasteiger charge is 2.27. The number of carboxylic acid groups (broad SMARTS) is 1. The lowest BCUT2D eigenvalue weighted by molar-refractivity contribution is -0.139. The molecule has 1 heterocycles. The Bertz CT molecular complexity index is 298. The first kappa shape index (κ1) is 13.8. The van der Waals surface area contributed by atoms with Gasteiger partial charge in [-0.15, -0.1) is 0 Å². The summed E-state index contributed by atoms with van der Waals surface area (Å²) in [4.78, 5) is 24.1. The van der Waals surface area contributed by atoms with Crippen LogP contribution in [0.3, 0.4) is 0 Å². The second kappa shape index (κ2) is 5.35. The third-order valence-electron chi connectivity index (χ3n) is 2.41. The zero-order chi connectivity index (χ0) is 13.1. The number of aliphatic carboxylic acids is 1. The van der Waals surface area contributed by atoms with Crippen molar-refractivity contribution in [3.8, 4) is 0 Å². The molecule has 0 bridgehead atoms. The lowest BCUT2D eigenvalue weighted by Crippen LogP contribution is -2.38. The molecule has 1 fully saturated rings. The molecule has 6 heteroatoms. The van der Waals surface area contributed by atoms with Gasteiger partial charge in [0.1, 0.15) is 11.6 Å². The minimum absolute atomic E-state index is 0.384. The molecule has 1 atom stereocenters. The molecule has 0 saturated carbocycles. The molecule has 0 aromatic rings. The van der Waals surface area contributed by atoms with Gasteiger partial charge in [-0.3, -0.25) is 4.79 Å². The van der Waals surface area contributed by atoms with E-state index in [0.29, 0.717) is 26.1 Å². The van der Waals surface area contributed by atoms with E-state index in [9.17, 15) is 9.59 Å². The molecule has 1 aliphatic heterocycles. The Morgan fingerprint density at radius 3 is 2.53 bits per heavy atom. The maximum Gasteiger partial charge on any atom is 0.410 e. The molecule has 1 aliphatic rings. The van der Waals surface area contributed by atoms with Crippen molar-refractivity contribution in [1.29, 1.82) is 0 Å². The van der Waals surface area contributed by atoms with E-state index in [0.717, 1.165) is 0 Å². The van der Waals surface area contributed by atoms with E-state index in [2.05, 4.69) is 5.32 Å². The second-order valence-electron chi connectivity index (χ2n) is 5.10. The zero-order valence-electron chi connectivity index (χ0n) is 10.5. The number of carbonyl (C=O) groups is 2. The summed E-state index contributed by atoms with van der Waals surface area (Å²) in [6, 6.07) is -0.581. The molecule has 17 heavy (non-hydrogen) atoms. The quantitative estimate of drug-likeness (QED) is 0.708. The van der Waals surface area contributed by atoms with E-state index < -0.39 is 17.6 Å². The van der Waals surface area contributed by atoms with Gasteiger partial charge >= 0.3 is 12.1 Å². The molecule has 1 saturated heterocycles. The average molecular weight is 244 g/mol. The third kappa shape index (κ3) is 4.60. The summed E-state index contributed by atoms with van der Waals surface area (Å²) in [5.74, 6) is -0.879. The average Bonchev–Trinajstić information content (AvgIpc) is 2.39. The molecule has 6 nitrogen and oxygen atoms in total. The molecule has 98 valence electrons. The Morgan fingerprint density at radius 1 is 1.35 bits per heavy atom. The lowest BCUT2D eigenvalue weighted by Gasteiger charge is -2.26. The lowest BCUT2D eigenvalue weighted by atomic mass is 10.2. The number of ether oxygens (including phenoxy) is 1. The first-order chi connectivity index (χ1) is 7.79. The molecule has 1 rings (SSSR count). The van der Waals surface area contributed by atoms with E-state index in [1.165, 1.54) is 0 Å². The summed E-state index contributed by atoms with van der Waals surface area (Å²) < 4.78 is 5.24. The standard InChI is InChI=1S/C11H20N2O4/c1-11(2,3)17-10(16)13-6-4-8(9(14)15)12-5-7-13/h8,12H,4-7H2,1-3H3,(H,14,15)/t8-/m0/s1. The molecule has 0 aromatic heterocycles. The van der Waals surface area contributed by atoms with Crippen LogP contribution in [-0.4, -0.2) is 53.3 Å². The number of nitrogens with one attached hydrogen (secondary N) is 1. The van der Waals surface area contributed by atoms with Crippen LogP contribution in [0.5, 0.6) is 0 Å². The SMILES string of the molecule is CC(C)(C)OC(=O)N1CCN[C@H](C(=O)O)CC1. The van der Waals surface area contributed by atoms with Gasteiger partial charge in [-0.1, -0.05) is 0 Å². The second-order valence-corrected chi connectivity index (χ2v) is 5.10. The summed E-state index contributed by atoms with van der Waals surface area (Å²) in [6.07, 6.45) is 0.0135. The van der Waals surface area contributed by atoms with Crippen LogP contribution in [0, 0.1) is 0 Å². The van der Waals surface area contributed by atoms with Crippen LogP contribution >= 0.6 is 0 Å². The fraction of sp³-hybridized carbons (Fsp3) is 0.818. The number of carbonyl (C=O) groups excluding carboxylic acids is 1. The van der Waals surface area contributed by atoms with Crippen molar-refractivity contribution in [2.24, 2.45) is 0 Å². The number of nitrogens with zero attached hydrogens (tertiary/aromatic N) is 1. The van der Waals surface area contributed by atoms with Crippen LogP contribution in [0.2, 0.25) is 0 Å². The first-order valence-electron chi connectivity index (χ1n) is 5.74. The predicted molar refractivity (Wildman–Crippen MR) is 61.9 cm³/mol. The van der Waals surface area contributed by atoms with Crippen molar-refractivity contribution in [3.63, 3.8) is 0 Å². The van der Waals surface area contributed by atoms with Gasteiger partial charge in [0.2, 0.25) is 0 Å². The third-order valence-corrected chi connectivity index (χ3v) is 2.41. The molecule has 2 N–H and O–H groups in total. The largest absolute Gasteiger partial charge is 0.480 e. The molecule has 0 spiro atoms. The van der Waals surface area contributed by atoms with Crippen molar-refractivity contribution in [1.82, 2.24) is 10.2 Å². The van der Waals surface area contributed by atoms with Gasteiger partial charge < -0.3 is 20.1 Å². The predicted octanol–water partition coefficient (Wildman–Crippen LogP) is 0.670. The number of rotatable bonds is 1. The fourth-order valence-corrected chi connectivity index (χ4v) is 1.59. The van der Waals surface area contributed by atoms with Crippen molar-refractivity contribution in [3.05, 3.63) is 0 Å². The van der Waals surface area contributed by atoms with Crippen molar-refractivity contribution >= 4 is 12.1 Å². The highest BCUT2D eigenvalue weighted by Crippen LogP contribution is 2.11. The number of amides is 1. The van der Waals surface area contributed by atoms with Crippen LogP contribution in [0.1, 0.15) is 27.2 Å². The highest BCUT2D eigenvalue weighted by molar-refractivity contribution is 5.74. The summed E-state index contributed by atoms with van der Waals surface area (Å²) >= 11 is 0. The van der Waals surface area contributed by atoms with Crippen LogP contribution in [0.4, 0.5) is 4.79 Å². The topological polar surface area (TPSA) is 78.9 Å². The molecule has 0 unspecified atom stereocenters. The smallest absolute Gasteiger partial charge is 0.410 e. The fourth-order valence-electron chi connectivity index (χ4n) is 1.59. The number of hydrogen-bond acceptors (Lipinski definition) is 4. The van der Waals surface area contributed by atoms with Gasteiger partial charge in [0, 0.05) is 19.6 Å². The Hall–Kier alpha value is -1.30. The Labute approximate surface area is 101 Å². The summed E-state index contributed by atoms with van der Waals surface area (Å²) in [7, 11) is 0. The van der Waals surface area contributed by atoms with E-state index in [4.69, 9.17) is 9.84 Å². The highest BCUT2D eigenvalue weighted by atomic mass is 16.6. The number of carboxylic acids is 1. The van der Waals surface area contributed by atoms with Crippen molar-refractivity contribution < 1.29 is 19.4 Å². The van der Waals surface area contributed by atoms with E-state index in [-0.39, 0.29) is 6.09 Å². The molecule has 0 radical (unpaired) electrons.